The van der Waals surface area contributed by atoms with Crippen LogP contribution in [0.3, 0.4) is 0 Å². The predicted octanol–water partition coefficient (Wildman–Crippen LogP) is 1.30. The summed E-state index contributed by atoms with van der Waals surface area (Å²) in [5, 5.41) is 15.6. The fraction of sp³-hybridized carbons (Fsp3) is 0.455. The van der Waals surface area contributed by atoms with Crippen LogP contribution < -0.4 is 5.32 Å². The van der Waals surface area contributed by atoms with Crippen LogP contribution in [0, 0.1) is 6.92 Å². The molecule has 2 aromatic rings. The standard InChI is InChI=1S/C11H13F2N3O2S/c1-6-7-3-8(19-10(7)16(2)15-6)9(18)14-4-11(12,13)5-17/h3,17H,4-5H2,1-2H3,(H,14,18). The Morgan fingerprint density at radius 1 is 1.63 bits per heavy atom. The maximum Gasteiger partial charge on any atom is 0.287 e. The average Bonchev–Trinajstić information content (AvgIpc) is 2.90. The van der Waals surface area contributed by atoms with Gasteiger partial charge in [-0.25, -0.2) is 8.78 Å². The highest BCUT2D eigenvalue weighted by Gasteiger charge is 2.28. The van der Waals surface area contributed by atoms with Crippen LogP contribution in [0.1, 0.15) is 15.4 Å². The number of halogens is 2. The fourth-order valence-corrected chi connectivity index (χ4v) is 2.71. The lowest BCUT2D eigenvalue weighted by atomic mass is 10.3. The summed E-state index contributed by atoms with van der Waals surface area (Å²) in [6, 6.07) is 1.63. The number of rotatable bonds is 4. The number of aryl methyl sites for hydroxylation is 2. The number of aromatic nitrogens is 2. The number of carbonyl (C=O) groups excluding carboxylic acids is 1. The molecule has 2 rings (SSSR count). The summed E-state index contributed by atoms with van der Waals surface area (Å²) >= 11 is 1.19. The smallest absolute Gasteiger partial charge is 0.287 e. The van der Waals surface area contributed by atoms with E-state index in [0.717, 1.165) is 15.9 Å². The SMILES string of the molecule is Cc1nn(C)c2sc(C(=O)NCC(F)(F)CO)cc12. The van der Waals surface area contributed by atoms with Gasteiger partial charge in [-0.2, -0.15) is 5.10 Å². The zero-order valence-electron chi connectivity index (χ0n) is 10.4. The molecular weight excluding hydrogens is 276 g/mol. The molecule has 104 valence electrons. The Bertz CT molecular complexity index is 586. The Hall–Kier alpha value is -1.54. The Labute approximate surface area is 111 Å². The van der Waals surface area contributed by atoms with Crippen LogP contribution in [0.2, 0.25) is 0 Å². The number of aliphatic hydroxyl groups excluding tert-OH is 1. The molecule has 0 fully saturated rings. The number of carbonyl (C=O) groups is 1. The van der Waals surface area contributed by atoms with Gasteiger partial charge in [0.15, 0.2) is 0 Å². The van der Waals surface area contributed by atoms with E-state index in [1.807, 2.05) is 6.92 Å². The summed E-state index contributed by atoms with van der Waals surface area (Å²) in [7, 11) is 1.76. The molecule has 5 nitrogen and oxygen atoms in total. The lowest BCUT2D eigenvalue weighted by Crippen LogP contribution is -2.38. The molecule has 0 aliphatic carbocycles. The molecule has 2 heterocycles. The average molecular weight is 289 g/mol. The van der Waals surface area contributed by atoms with Gasteiger partial charge >= 0.3 is 0 Å². The van der Waals surface area contributed by atoms with Crippen LogP contribution in [0.4, 0.5) is 8.78 Å². The second-order valence-corrected chi connectivity index (χ2v) is 5.27. The van der Waals surface area contributed by atoms with Crippen LogP contribution in [-0.4, -0.2) is 39.9 Å². The molecule has 0 bridgehead atoms. The summed E-state index contributed by atoms with van der Waals surface area (Å²) in [4.78, 5) is 12.9. The second kappa shape index (κ2) is 4.86. The Morgan fingerprint density at radius 3 is 2.89 bits per heavy atom. The number of hydrogen-bond donors (Lipinski definition) is 2. The van der Waals surface area contributed by atoms with Crippen LogP contribution >= 0.6 is 11.3 Å². The summed E-state index contributed by atoms with van der Waals surface area (Å²) in [5.74, 6) is -3.88. The highest BCUT2D eigenvalue weighted by atomic mass is 32.1. The minimum Gasteiger partial charge on any atom is -0.390 e. The van der Waals surface area contributed by atoms with E-state index in [9.17, 15) is 13.6 Å². The number of hydrogen-bond acceptors (Lipinski definition) is 4. The van der Waals surface area contributed by atoms with Crippen molar-refractivity contribution in [1.82, 2.24) is 15.1 Å². The van der Waals surface area contributed by atoms with Crippen molar-refractivity contribution in [3.63, 3.8) is 0 Å². The highest BCUT2D eigenvalue weighted by molar-refractivity contribution is 7.20. The van der Waals surface area contributed by atoms with E-state index in [-0.39, 0.29) is 0 Å². The van der Waals surface area contributed by atoms with E-state index >= 15 is 0 Å². The van der Waals surface area contributed by atoms with Gasteiger partial charge in [-0.15, -0.1) is 11.3 Å². The third kappa shape index (κ3) is 2.74. The van der Waals surface area contributed by atoms with Crippen LogP contribution in [0.25, 0.3) is 10.2 Å². The Balaban J connectivity index is 2.16. The van der Waals surface area contributed by atoms with Crippen molar-refractivity contribution in [3.8, 4) is 0 Å². The number of nitrogens with zero attached hydrogens (tertiary/aromatic N) is 2. The number of alkyl halides is 2. The normalized spacial score (nSPS) is 12.1. The number of thiophene rings is 1. The van der Waals surface area contributed by atoms with E-state index in [1.54, 1.807) is 17.8 Å². The topological polar surface area (TPSA) is 67.2 Å². The largest absolute Gasteiger partial charge is 0.390 e. The molecule has 0 atom stereocenters. The number of nitrogens with one attached hydrogen (secondary N) is 1. The first-order valence-electron chi connectivity index (χ1n) is 5.54. The van der Waals surface area contributed by atoms with Crippen molar-refractivity contribution in [2.75, 3.05) is 13.2 Å². The minimum atomic E-state index is -3.30. The summed E-state index contributed by atoms with van der Waals surface area (Å²) < 4.78 is 27.3. The molecule has 1 amide bonds. The number of aliphatic hydroxyl groups is 1. The second-order valence-electron chi connectivity index (χ2n) is 4.24. The van der Waals surface area contributed by atoms with Crippen molar-refractivity contribution in [2.45, 2.75) is 12.8 Å². The van der Waals surface area contributed by atoms with Gasteiger partial charge < -0.3 is 10.4 Å². The molecule has 0 radical (unpaired) electrons. The summed E-state index contributed by atoms with van der Waals surface area (Å²) in [6.07, 6.45) is 0. The Kier molecular flexibility index (Phi) is 3.55. The number of amides is 1. The van der Waals surface area contributed by atoms with Gasteiger partial charge in [-0.05, 0) is 13.0 Å². The van der Waals surface area contributed by atoms with Crippen molar-refractivity contribution in [2.24, 2.45) is 7.05 Å². The molecule has 8 heteroatoms. The van der Waals surface area contributed by atoms with Gasteiger partial charge in [0.2, 0.25) is 0 Å². The highest BCUT2D eigenvalue weighted by Crippen LogP contribution is 2.27. The fourth-order valence-electron chi connectivity index (χ4n) is 1.67. The van der Waals surface area contributed by atoms with E-state index in [4.69, 9.17) is 5.11 Å². The van der Waals surface area contributed by atoms with Crippen molar-refractivity contribution in [3.05, 3.63) is 16.6 Å². The van der Waals surface area contributed by atoms with Gasteiger partial charge in [0.25, 0.3) is 11.8 Å². The molecule has 0 unspecified atom stereocenters. The maximum atomic E-state index is 12.8. The molecule has 2 aromatic heterocycles. The van der Waals surface area contributed by atoms with Gasteiger partial charge in [0, 0.05) is 12.4 Å². The zero-order valence-corrected chi connectivity index (χ0v) is 11.2. The maximum absolute atomic E-state index is 12.8. The predicted molar refractivity (Wildman–Crippen MR) is 67.7 cm³/mol. The van der Waals surface area contributed by atoms with E-state index in [2.05, 4.69) is 10.4 Å². The molecular formula is C11H13F2N3O2S. The minimum absolute atomic E-state index is 0.347. The third-order valence-electron chi connectivity index (χ3n) is 2.66. The quantitative estimate of drug-likeness (QED) is 0.891. The first-order valence-corrected chi connectivity index (χ1v) is 6.36. The van der Waals surface area contributed by atoms with Gasteiger partial charge in [-0.3, -0.25) is 9.48 Å². The van der Waals surface area contributed by atoms with Crippen molar-refractivity contribution < 1.29 is 18.7 Å². The van der Waals surface area contributed by atoms with Crippen molar-refractivity contribution >= 4 is 27.5 Å². The van der Waals surface area contributed by atoms with E-state index in [0.29, 0.717) is 4.88 Å². The first-order chi connectivity index (χ1) is 8.84. The van der Waals surface area contributed by atoms with Gasteiger partial charge in [0.1, 0.15) is 11.4 Å². The molecule has 2 N–H and O–H groups in total. The van der Waals surface area contributed by atoms with Crippen LogP contribution in [0.5, 0.6) is 0 Å². The van der Waals surface area contributed by atoms with E-state index in [1.165, 1.54) is 11.3 Å². The molecule has 0 aromatic carbocycles. The molecule has 0 saturated carbocycles. The molecule has 0 saturated heterocycles. The van der Waals surface area contributed by atoms with Crippen molar-refractivity contribution in [1.29, 1.82) is 0 Å². The monoisotopic (exact) mass is 289 g/mol. The van der Waals surface area contributed by atoms with Gasteiger partial charge in [0.05, 0.1) is 17.1 Å². The Morgan fingerprint density at radius 2 is 2.32 bits per heavy atom. The zero-order chi connectivity index (χ0) is 14.2. The summed E-state index contributed by atoms with van der Waals surface area (Å²) in [6.45, 7) is -0.354. The molecule has 19 heavy (non-hydrogen) atoms. The molecule has 0 aliphatic heterocycles. The summed E-state index contributed by atoms with van der Waals surface area (Å²) in [5.41, 5.74) is 0.786. The van der Waals surface area contributed by atoms with Gasteiger partial charge in [-0.1, -0.05) is 0 Å². The van der Waals surface area contributed by atoms with Crippen LogP contribution in [0.15, 0.2) is 6.07 Å². The molecule has 0 aliphatic rings. The molecule has 0 spiro atoms. The first kappa shape index (κ1) is 13.9. The number of fused-ring (bicyclic) bond motifs is 1. The lowest BCUT2D eigenvalue weighted by Gasteiger charge is -2.13. The van der Waals surface area contributed by atoms with E-state index < -0.39 is 25.0 Å². The van der Waals surface area contributed by atoms with Crippen LogP contribution in [-0.2, 0) is 7.05 Å². The lowest BCUT2D eigenvalue weighted by molar-refractivity contribution is -0.0461. The third-order valence-corrected chi connectivity index (χ3v) is 3.86.